The molecule has 5 aromatic rings. The van der Waals surface area contributed by atoms with Gasteiger partial charge in [0.1, 0.15) is 11.2 Å². The predicted octanol–water partition coefficient (Wildman–Crippen LogP) is 4.30. The van der Waals surface area contributed by atoms with E-state index >= 15 is 0 Å². The van der Waals surface area contributed by atoms with Gasteiger partial charge in [0.25, 0.3) is 0 Å². The Morgan fingerprint density at radius 2 is 1.68 bits per heavy atom. The lowest BCUT2D eigenvalue weighted by molar-refractivity contribution is 0.308. The zero-order chi connectivity index (χ0) is 23.1. The fraction of sp³-hybridized carbons (Fsp3) is 0.115. The van der Waals surface area contributed by atoms with Crippen molar-refractivity contribution in [3.8, 4) is 5.69 Å². The summed E-state index contributed by atoms with van der Waals surface area (Å²) in [4.78, 5) is 4.60. The lowest BCUT2D eigenvalue weighted by atomic mass is 10.1. The Balaban J connectivity index is 1.58. The number of aromatic nitrogens is 4. The van der Waals surface area contributed by atoms with Crippen LogP contribution in [0.5, 0.6) is 0 Å². The molecule has 0 spiro atoms. The van der Waals surface area contributed by atoms with E-state index in [1.54, 1.807) is 29.0 Å². The number of hydrogen-bond acceptors (Lipinski definition) is 5. The van der Waals surface area contributed by atoms with Crippen LogP contribution in [0, 0.1) is 0 Å². The Hall–Kier alpha value is -3.88. The van der Waals surface area contributed by atoms with Gasteiger partial charge in [-0.25, -0.2) is 8.42 Å². The number of fused-ring (bicyclic) bond motifs is 4. The second-order valence-corrected chi connectivity index (χ2v) is 10.1. The Morgan fingerprint density at radius 3 is 2.56 bits per heavy atom. The van der Waals surface area contributed by atoms with Gasteiger partial charge in [0.05, 0.1) is 17.2 Å². The van der Waals surface area contributed by atoms with Gasteiger partial charge in [-0.1, -0.05) is 66.7 Å². The minimum Gasteiger partial charge on any atom is -0.284 e. The normalized spacial score (nSPS) is 16.1. The number of nitrogens with zero attached hydrogens (tertiary/aromatic N) is 5. The maximum absolute atomic E-state index is 14.3. The van der Waals surface area contributed by atoms with Gasteiger partial charge in [-0.05, 0) is 35.7 Å². The molecule has 0 aliphatic carbocycles. The smallest absolute Gasteiger partial charge is 0.246 e. The average Bonchev–Trinajstić information content (AvgIpc) is 3.31. The Bertz CT molecular complexity index is 1590. The highest BCUT2D eigenvalue weighted by atomic mass is 32.2. The summed E-state index contributed by atoms with van der Waals surface area (Å²) < 4.78 is 32.1. The average molecular weight is 468 g/mol. The summed E-state index contributed by atoms with van der Waals surface area (Å²) in [6.45, 7) is 0.211. The van der Waals surface area contributed by atoms with E-state index < -0.39 is 16.1 Å². The molecule has 2 aromatic heterocycles. The standard InChI is InChI=1S/C26H21N5O2S/c32-34(33,24-14-6-11-20-12-7-15-27-25(20)24)31-17-21-10-4-5-13-22(21)30-18-28-29-26(30)23(31)16-19-8-2-1-3-9-19/h1-15,18,23H,16-17H2/t23-/m1/s1. The van der Waals surface area contributed by atoms with Crippen LogP contribution in [-0.4, -0.2) is 32.5 Å². The summed E-state index contributed by atoms with van der Waals surface area (Å²) in [6, 6.07) is 26.0. The fourth-order valence-corrected chi connectivity index (χ4v) is 6.37. The molecule has 3 aromatic carbocycles. The number of hydrogen-bond donors (Lipinski definition) is 0. The third kappa shape index (κ3) is 3.39. The molecule has 0 amide bonds. The fourth-order valence-electron chi connectivity index (χ4n) is 4.64. The first-order valence-corrected chi connectivity index (χ1v) is 12.4. The van der Waals surface area contributed by atoms with Crippen molar-refractivity contribution in [2.75, 3.05) is 0 Å². The van der Waals surface area contributed by atoms with Gasteiger partial charge < -0.3 is 0 Å². The van der Waals surface area contributed by atoms with Gasteiger partial charge in [0, 0.05) is 18.1 Å². The van der Waals surface area contributed by atoms with Crippen LogP contribution in [0.3, 0.4) is 0 Å². The molecule has 0 radical (unpaired) electrons. The molecule has 3 heterocycles. The van der Waals surface area contributed by atoms with Gasteiger partial charge >= 0.3 is 0 Å². The number of pyridine rings is 1. The minimum atomic E-state index is -3.95. The van der Waals surface area contributed by atoms with E-state index in [4.69, 9.17) is 0 Å². The summed E-state index contributed by atoms with van der Waals surface area (Å²) >= 11 is 0. The first kappa shape index (κ1) is 20.7. The summed E-state index contributed by atoms with van der Waals surface area (Å²) in [6.07, 6.45) is 3.74. The lowest BCUT2D eigenvalue weighted by Gasteiger charge is -2.29. The van der Waals surface area contributed by atoms with E-state index in [2.05, 4.69) is 15.2 Å². The molecule has 0 saturated carbocycles. The lowest BCUT2D eigenvalue weighted by Crippen LogP contribution is -2.36. The molecule has 0 saturated heterocycles. The Morgan fingerprint density at radius 1 is 0.882 bits per heavy atom. The third-order valence-electron chi connectivity index (χ3n) is 6.25. The number of rotatable bonds is 4. The maximum Gasteiger partial charge on any atom is 0.246 e. The van der Waals surface area contributed by atoms with Crippen LogP contribution >= 0.6 is 0 Å². The van der Waals surface area contributed by atoms with Crippen LogP contribution in [0.25, 0.3) is 16.6 Å². The molecular weight excluding hydrogens is 446 g/mol. The second kappa shape index (κ2) is 8.16. The van der Waals surface area contributed by atoms with Crippen molar-refractivity contribution in [3.63, 3.8) is 0 Å². The first-order chi connectivity index (χ1) is 16.6. The molecule has 6 rings (SSSR count). The van der Waals surface area contributed by atoms with Crippen molar-refractivity contribution in [2.45, 2.75) is 23.9 Å². The predicted molar refractivity (Wildman–Crippen MR) is 129 cm³/mol. The van der Waals surface area contributed by atoms with E-state index in [0.29, 0.717) is 17.8 Å². The van der Waals surface area contributed by atoms with Crippen molar-refractivity contribution in [2.24, 2.45) is 0 Å². The van der Waals surface area contributed by atoms with Crippen LogP contribution in [0.15, 0.2) is 102 Å². The van der Waals surface area contributed by atoms with E-state index in [9.17, 15) is 8.42 Å². The second-order valence-electron chi connectivity index (χ2n) is 8.27. The van der Waals surface area contributed by atoms with Gasteiger partial charge in [-0.2, -0.15) is 4.31 Å². The topological polar surface area (TPSA) is 81.0 Å². The SMILES string of the molecule is O=S(=O)(c1cccc2cccnc12)N1Cc2ccccc2-n2cnnc2[C@H]1Cc1ccccc1. The number of benzene rings is 3. The van der Waals surface area contributed by atoms with Crippen molar-refractivity contribution in [1.82, 2.24) is 24.1 Å². The monoisotopic (exact) mass is 467 g/mol. The van der Waals surface area contributed by atoms with Crippen LogP contribution in [0.4, 0.5) is 0 Å². The summed E-state index contributed by atoms with van der Waals surface area (Å²) in [7, 11) is -3.95. The van der Waals surface area contributed by atoms with Gasteiger partial charge in [0.2, 0.25) is 10.0 Å². The largest absolute Gasteiger partial charge is 0.284 e. The highest BCUT2D eigenvalue weighted by Gasteiger charge is 2.39. The molecule has 8 heteroatoms. The van der Waals surface area contributed by atoms with Gasteiger partial charge in [0.15, 0.2) is 5.82 Å². The van der Waals surface area contributed by atoms with Crippen molar-refractivity contribution < 1.29 is 8.42 Å². The quantitative estimate of drug-likeness (QED) is 0.394. The molecular formula is C26H21N5O2S. The van der Waals surface area contributed by atoms with E-state index in [1.165, 1.54) is 0 Å². The van der Waals surface area contributed by atoms with Gasteiger partial charge in [-0.15, -0.1) is 10.2 Å². The molecule has 7 nitrogen and oxygen atoms in total. The van der Waals surface area contributed by atoms with Crippen LogP contribution in [0.1, 0.15) is 23.0 Å². The van der Waals surface area contributed by atoms with E-state index in [1.807, 2.05) is 77.4 Å². The molecule has 1 aliphatic heterocycles. The molecule has 0 N–H and O–H groups in total. The van der Waals surface area contributed by atoms with Crippen molar-refractivity contribution in [1.29, 1.82) is 0 Å². The zero-order valence-electron chi connectivity index (χ0n) is 18.2. The molecule has 1 aliphatic rings. The van der Waals surface area contributed by atoms with E-state index in [0.717, 1.165) is 22.2 Å². The molecule has 34 heavy (non-hydrogen) atoms. The molecule has 0 unspecified atom stereocenters. The highest BCUT2D eigenvalue weighted by Crippen LogP contribution is 2.37. The van der Waals surface area contributed by atoms with Crippen LogP contribution < -0.4 is 0 Å². The Labute approximate surface area is 197 Å². The number of para-hydroxylation sites is 2. The van der Waals surface area contributed by atoms with Crippen LogP contribution in [0.2, 0.25) is 0 Å². The summed E-state index contributed by atoms with van der Waals surface area (Å²) in [5.41, 5.74) is 3.25. The first-order valence-electron chi connectivity index (χ1n) is 11.0. The van der Waals surface area contributed by atoms with Crippen molar-refractivity contribution >= 4 is 20.9 Å². The molecule has 0 fully saturated rings. The van der Waals surface area contributed by atoms with Crippen LogP contribution in [-0.2, 0) is 23.0 Å². The molecule has 1 atom stereocenters. The maximum atomic E-state index is 14.3. The zero-order valence-corrected chi connectivity index (χ0v) is 19.0. The molecule has 0 bridgehead atoms. The third-order valence-corrected chi connectivity index (χ3v) is 8.14. The minimum absolute atomic E-state index is 0.189. The van der Waals surface area contributed by atoms with Crippen molar-refractivity contribution in [3.05, 3.63) is 114 Å². The van der Waals surface area contributed by atoms with Gasteiger partial charge in [-0.3, -0.25) is 9.55 Å². The molecule has 168 valence electrons. The van der Waals surface area contributed by atoms with E-state index in [-0.39, 0.29) is 11.4 Å². The Kier molecular flexibility index (Phi) is 4.97. The summed E-state index contributed by atoms with van der Waals surface area (Å²) in [5, 5.41) is 9.34. The number of sulfonamides is 1. The summed E-state index contributed by atoms with van der Waals surface area (Å²) in [5.74, 6) is 0.588. The highest BCUT2D eigenvalue weighted by molar-refractivity contribution is 7.89.